The third kappa shape index (κ3) is 3.46. The highest BCUT2D eigenvalue weighted by Crippen LogP contribution is 2.23. The zero-order chi connectivity index (χ0) is 12.8. The zero-order valence-corrected chi connectivity index (χ0v) is 10.7. The number of carbonyl (C=O) groups excluding carboxylic acids is 1. The van der Waals surface area contributed by atoms with Crippen LogP contribution in [0.15, 0.2) is 12.1 Å². The molecule has 0 aliphatic rings. The Balaban J connectivity index is 2.73. The molecule has 4 heteroatoms. The van der Waals surface area contributed by atoms with E-state index in [1.54, 1.807) is 7.11 Å². The first-order valence-electron chi connectivity index (χ1n) is 5.70. The highest BCUT2D eigenvalue weighted by Gasteiger charge is 2.07. The Morgan fingerprint density at radius 2 is 2.06 bits per heavy atom. The Kier molecular flexibility index (Phi) is 4.97. The molecular formula is C13H20N2O2. The number of hydrogen-bond acceptors (Lipinski definition) is 3. The van der Waals surface area contributed by atoms with E-state index in [1.165, 1.54) is 0 Å². The van der Waals surface area contributed by atoms with E-state index in [2.05, 4.69) is 5.32 Å². The van der Waals surface area contributed by atoms with Crippen LogP contribution in [0.25, 0.3) is 0 Å². The SMILES string of the molecule is COc1ccc(CNC(=O)CCN)c(C)c1C. The number of methoxy groups -OCH3 is 1. The van der Waals surface area contributed by atoms with Crippen molar-refractivity contribution in [3.8, 4) is 5.75 Å². The molecule has 1 rings (SSSR count). The van der Waals surface area contributed by atoms with E-state index in [1.807, 2.05) is 26.0 Å². The molecule has 0 aromatic heterocycles. The molecule has 1 amide bonds. The van der Waals surface area contributed by atoms with Crippen LogP contribution in [0.2, 0.25) is 0 Å². The molecular weight excluding hydrogens is 216 g/mol. The van der Waals surface area contributed by atoms with Gasteiger partial charge in [0.15, 0.2) is 0 Å². The van der Waals surface area contributed by atoms with E-state index in [4.69, 9.17) is 10.5 Å². The Labute approximate surface area is 102 Å². The smallest absolute Gasteiger partial charge is 0.221 e. The Morgan fingerprint density at radius 3 is 2.65 bits per heavy atom. The summed E-state index contributed by atoms with van der Waals surface area (Å²) in [4.78, 5) is 11.3. The normalized spacial score (nSPS) is 10.1. The van der Waals surface area contributed by atoms with Gasteiger partial charge >= 0.3 is 0 Å². The number of rotatable bonds is 5. The molecule has 94 valence electrons. The molecule has 3 N–H and O–H groups in total. The average molecular weight is 236 g/mol. The number of nitrogens with one attached hydrogen (secondary N) is 1. The van der Waals surface area contributed by atoms with E-state index in [9.17, 15) is 4.79 Å². The third-order valence-corrected chi connectivity index (χ3v) is 2.92. The molecule has 0 aliphatic carbocycles. The van der Waals surface area contributed by atoms with Gasteiger partial charge in [0.1, 0.15) is 5.75 Å². The Morgan fingerprint density at radius 1 is 1.35 bits per heavy atom. The fourth-order valence-corrected chi connectivity index (χ4v) is 1.68. The van der Waals surface area contributed by atoms with Crippen LogP contribution in [-0.4, -0.2) is 19.6 Å². The predicted molar refractivity (Wildman–Crippen MR) is 68.0 cm³/mol. The van der Waals surface area contributed by atoms with Crippen LogP contribution in [0.4, 0.5) is 0 Å². The molecule has 0 saturated carbocycles. The molecule has 0 bridgehead atoms. The molecule has 1 aromatic carbocycles. The summed E-state index contributed by atoms with van der Waals surface area (Å²) < 4.78 is 5.24. The maximum Gasteiger partial charge on any atom is 0.221 e. The van der Waals surface area contributed by atoms with Gasteiger partial charge in [-0.05, 0) is 36.6 Å². The topological polar surface area (TPSA) is 64.3 Å². The first-order valence-corrected chi connectivity index (χ1v) is 5.70. The van der Waals surface area contributed by atoms with Crippen molar-refractivity contribution >= 4 is 5.91 Å². The lowest BCUT2D eigenvalue weighted by Gasteiger charge is -2.13. The van der Waals surface area contributed by atoms with E-state index in [0.717, 1.165) is 22.4 Å². The molecule has 0 spiro atoms. The number of hydrogen-bond donors (Lipinski definition) is 2. The van der Waals surface area contributed by atoms with Crippen molar-refractivity contribution in [3.63, 3.8) is 0 Å². The molecule has 17 heavy (non-hydrogen) atoms. The summed E-state index contributed by atoms with van der Waals surface area (Å²) in [5.41, 5.74) is 8.68. The van der Waals surface area contributed by atoms with E-state index in [-0.39, 0.29) is 5.91 Å². The summed E-state index contributed by atoms with van der Waals surface area (Å²) in [6, 6.07) is 3.90. The lowest BCUT2D eigenvalue weighted by molar-refractivity contribution is -0.121. The molecule has 1 aromatic rings. The van der Waals surface area contributed by atoms with Crippen molar-refractivity contribution in [2.24, 2.45) is 5.73 Å². The highest BCUT2D eigenvalue weighted by molar-refractivity contribution is 5.76. The van der Waals surface area contributed by atoms with Gasteiger partial charge in [0.2, 0.25) is 5.91 Å². The molecule has 0 unspecified atom stereocenters. The van der Waals surface area contributed by atoms with Gasteiger partial charge in [0.25, 0.3) is 0 Å². The minimum atomic E-state index is -0.0135. The first-order chi connectivity index (χ1) is 8.10. The van der Waals surface area contributed by atoms with E-state index < -0.39 is 0 Å². The second-order valence-corrected chi connectivity index (χ2v) is 3.99. The van der Waals surface area contributed by atoms with Crippen molar-refractivity contribution < 1.29 is 9.53 Å². The van der Waals surface area contributed by atoms with Gasteiger partial charge in [-0.1, -0.05) is 6.07 Å². The van der Waals surface area contributed by atoms with E-state index >= 15 is 0 Å². The van der Waals surface area contributed by atoms with Gasteiger partial charge in [0.05, 0.1) is 7.11 Å². The molecule has 0 heterocycles. The van der Waals surface area contributed by atoms with Crippen molar-refractivity contribution in [1.29, 1.82) is 0 Å². The fraction of sp³-hybridized carbons (Fsp3) is 0.462. The molecule has 4 nitrogen and oxygen atoms in total. The monoisotopic (exact) mass is 236 g/mol. The number of carbonyl (C=O) groups is 1. The van der Waals surface area contributed by atoms with Gasteiger partial charge in [-0.15, -0.1) is 0 Å². The van der Waals surface area contributed by atoms with Gasteiger partial charge in [0, 0.05) is 19.5 Å². The van der Waals surface area contributed by atoms with Gasteiger partial charge in [-0.25, -0.2) is 0 Å². The maximum atomic E-state index is 11.3. The quantitative estimate of drug-likeness (QED) is 0.809. The lowest BCUT2D eigenvalue weighted by Crippen LogP contribution is -2.25. The second-order valence-electron chi connectivity index (χ2n) is 3.99. The van der Waals surface area contributed by atoms with Crippen molar-refractivity contribution in [1.82, 2.24) is 5.32 Å². The Hall–Kier alpha value is -1.55. The standard InChI is InChI=1S/C13H20N2O2/c1-9-10(2)12(17-3)5-4-11(9)8-15-13(16)6-7-14/h4-5H,6-8,14H2,1-3H3,(H,15,16). The maximum absolute atomic E-state index is 11.3. The van der Waals surface area contributed by atoms with Crippen LogP contribution in [-0.2, 0) is 11.3 Å². The highest BCUT2D eigenvalue weighted by atomic mass is 16.5. The second kappa shape index (κ2) is 6.25. The number of nitrogens with two attached hydrogens (primary N) is 1. The summed E-state index contributed by atoms with van der Waals surface area (Å²) in [6.45, 7) is 4.96. The van der Waals surface area contributed by atoms with Crippen LogP contribution in [0, 0.1) is 13.8 Å². The van der Waals surface area contributed by atoms with Crippen LogP contribution in [0.5, 0.6) is 5.75 Å². The molecule has 0 fully saturated rings. The summed E-state index contributed by atoms with van der Waals surface area (Å²) in [5, 5.41) is 2.85. The van der Waals surface area contributed by atoms with Crippen molar-refractivity contribution in [2.45, 2.75) is 26.8 Å². The van der Waals surface area contributed by atoms with Crippen LogP contribution in [0.3, 0.4) is 0 Å². The minimum Gasteiger partial charge on any atom is -0.496 e. The number of ether oxygens (including phenoxy) is 1. The molecule has 0 aliphatic heterocycles. The molecule has 0 radical (unpaired) electrons. The van der Waals surface area contributed by atoms with Gasteiger partial charge in [-0.2, -0.15) is 0 Å². The minimum absolute atomic E-state index is 0.0135. The van der Waals surface area contributed by atoms with Crippen molar-refractivity contribution in [2.75, 3.05) is 13.7 Å². The van der Waals surface area contributed by atoms with Crippen molar-refractivity contribution in [3.05, 3.63) is 28.8 Å². The third-order valence-electron chi connectivity index (χ3n) is 2.92. The van der Waals surface area contributed by atoms with E-state index in [0.29, 0.717) is 19.5 Å². The number of amides is 1. The zero-order valence-electron chi connectivity index (χ0n) is 10.7. The average Bonchev–Trinajstić information content (AvgIpc) is 2.31. The molecule has 0 saturated heterocycles. The number of benzene rings is 1. The molecule has 0 atom stereocenters. The summed E-state index contributed by atoms with van der Waals surface area (Å²) in [6.07, 6.45) is 0.369. The summed E-state index contributed by atoms with van der Waals surface area (Å²) in [5.74, 6) is 0.861. The lowest BCUT2D eigenvalue weighted by atomic mass is 10.0. The first kappa shape index (κ1) is 13.5. The van der Waals surface area contributed by atoms with Crippen LogP contribution >= 0.6 is 0 Å². The summed E-state index contributed by atoms with van der Waals surface area (Å²) in [7, 11) is 1.66. The predicted octanol–water partition coefficient (Wildman–Crippen LogP) is 1.28. The Bertz CT molecular complexity index is 403. The van der Waals surface area contributed by atoms with Crippen LogP contribution in [0.1, 0.15) is 23.1 Å². The van der Waals surface area contributed by atoms with Gasteiger partial charge in [-0.3, -0.25) is 4.79 Å². The van der Waals surface area contributed by atoms with Gasteiger partial charge < -0.3 is 15.8 Å². The largest absolute Gasteiger partial charge is 0.496 e. The fourth-order valence-electron chi connectivity index (χ4n) is 1.68. The summed E-state index contributed by atoms with van der Waals surface area (Å²) >= 11 is 0. The van der Waals surface area contributed by atoms with Crippen LogP contribution < -0.4 is 15.8 Å².